The molecule has 0 atom stereocenters. The molecule has 0 aliphatic heterocycles. The van der Waals surface area contributed by atoms with Crippen LogP contribution in [0.3, 0.4) is 0 Å². The molecule has 2 rings (SSSR count). The maximum absolute atomic E-state index is 8.87. The summed E-state index contributed by atoms with van der Waals surface area (Å²) in [4.78, 5) is 1.04. The van der Waals surface area contributed by atoms with E-state index in [1.807, 2.05) is 30.3 Å². The average molecular weight is 220 g/mol. The van der Waals surface area contributed by atoms with Gasteiger partial charge in [0.25, 0.3) is 0 Å². The van der Waals surface area contributed by atoms with E-state index in [1.165, 1.54) is 11.9 Å². The van der Waals surface area contributed by atoms with Crippen LogP contribution in [0.25, 0.3) is 0 Å². The molecule has 2 aromatic rings. The Morgan fingerprint density at radius 1 is 1.13 bits per heavy atom. The molecular weight excluding hydrogens is 211 g/mol. The highest BCUT2D eigenvalue weighted by Crippen LogP contribution is 2.17. The molecule has 6 heteroatoms. The first-order valence-electron chi connectivity index (χ1n) is 4.41. The van der Waals surface area contributed by atoms with E-state index in [0.29, 0.717) is 0 Å². The average Bonchev–Trinajstić information content (AvgIpc) is 2.68. The quantitative estimate of drug-likeness (QED) is 0.721. The summed E-state index contributed by atoms with van der Waals surface area (Å²) in [5, 5.41) is 21.7. The highest BCUT2D eigenvalue weighted by Gasteiger charge is 2.14. The maximum Gasteiger partial charge on any atom is 0.510 e. The van der Waals surface area contributed by atoms with Crippen LogP contribution >= 0.6 is 11.9 Å². The van der Waals surface area contributed by atoms with Crippen molar-refractivity contribution in [3.8, 4) is 0 Å². The van der Waals surface area contributed by atoms with Crippen molar-refractivity contribution in [1.29, 1.82) is 0 Å². The third kappa shape index (κ3) is 2.62. The first kappa shape index (κ1) is 10.3. The minimum atomic E-state index is -1.51. The van der Waals surface area contributed by atoms with Crippen LogP contribution in [-0.4, -0.2) is 26.4 Å². The van der Waals surface area contributed by atoms with Crippen LogP contribution in [0.5, 0.6) is 0 Å². The van der Waals surface area contributed by atoms with E-state index in [2.05, 4.69) is 5.10 Å². The smallest absolute Gasteiger partial charge is 0.422 e. The van der Waals surface area contributed by atoms with Crippen LogP contribution in [-0.2, 0) is 0 Å². The van der Waals surface area contributed by atoms with Gasteiger partial charge in [-0.15, -0.1) is 0 Å². The molecule has 1 aromatic heterocycles. The fraction of sp³-hybridized carbons (Fsp3) is 0. The highest BCUT2D eigenvalue weighted by atomic mass is 32.2. The molecule has 15 heavy (non-hydrogen) atoms. The molecule has 2 N–H and O–H groups in total. The molecule has 0 saturated carbocycles. The van der Waals surface area contributed by atoms with Crippen LogP contribution in [0, 0.1) is 0 Å². The van der Waals surface area contributed by atoms with E-state index in [0.717, 1.165) is 4.90 Å². The summed E-state index contributed by atoms with van der Waals surface area (Å²) in [6.07, 6.45) is 1.69. The van der Waals surface area contributed by atoms with Gasteiger partial charge in [0.05, 0.1) is 5.59 Å². The molecule has 1 heterocycles. The zero-order valence-electron chi connectivity index (χ0n) is 7.82. The van der Waals surface area contributed by atoms with Crippen molar-refractivity contribution in [3.63, 3.8) is 0 Å². The summed E-state index contributed by atoms with van der Waals surface area (Å²) in [6.45, 7) is 0. The van der Waals surface area contributed by atoms with Crippen molar-refractivity contribution in [2.45, 2.75) is 4.90 Å². The van der Waals surface area contributed by atoms with Gasteiger partial charge in [-0.1, -0.05) is 18.2 Å². The van der Waals surface area contributed by atoms with E-state index in [9.17, 15) is 0 Å². The lowest BCUT2D eigenvalue weighted by atomic mass is 9.87. The molecule has 0 fully saturated rings. The molecule has 76 valence electrons. The Labute approximate surface area is 91.8 Å². The second-order valence-electron chi connectivity index (χ2n) is 2.92. The fourth-order valence-corrected chi connectivity index (χ4v) is 1.85. The molecule has 0 aliphatic carbocycles. The standard InChI is InChI=1S/C9H9BN2O2S/c13-10(14)9-6-7-12(11-9)15-8-4-2-1-3-5-8/h1-7,13-14H. The van der Waals surface area contributed by atoms with Crippen molar-refractivity contribution in [3.05, 3.63) is 42.6 Å². The van der Waals surface area contributed by atoms with E-state index >= 15 is 0 Å². The Kier molecular flexibility index (Phi) is 3.10. The third-order valence-electron chi connectivity index (χ3n) is 1.79. The first-order chi connectivity index (χ1) is 7.25. The first-order valence-corrected chi connectivity index (χ1v) is 5.18. The second-order valence-corrected chi connectivity index (χ2v) is 3.95. The molecule has 4 nitrogen and oxygen atoms in total. The monoisotopic (exact) mass is 220 g/mol. The van der Waals surface area contributed by atoms with Gasteiger partial charge < -0.3 is 10.0 Å². The van der Waals surface area contributed by atoms with E-state index in [1.54, 1.807) is 16.4 Å². The molecule has 0 bridgehead atoms. The van der Waals surface area contributed by atoms with Crippen molar-refractivity contribution in [1.82, 2.24) is 9.19 Å². The summed E-state index contributed by atoms with van der Waals surface area (Å²) in [6, 6.07) is 11.3. The molecule has 0 amide bonds. The number of benzene rings is 1. The molecule has 1 aromatic carbocycles. The van der Waals surface area contributed by atoms with Crippen LogP contribution in [0.15, 0.2) is 47.5 Å². The van der Waals surface area contributed by atoms with Gasteiger partial charge in [-0.25, -0.2) is 4.09 Å². The molecule has 0 spiro atoms. The van der Waals surface area contributed by atoms with Crippen molar-refractivity contribution < 1.29 is 10.0 Å². The van der Waals surface area contributed by atoms with Gasteiger partial charge in [-0.2, -0.15) is 5.10 Å². The second kappa shape index (κ2) is 4.52. The van der Waals surface area contributed by atoms with Gasteiger partial charge >= 0.3 is 7.12 Å². The summed E-state index contributed by atoms with van der Waals surface area (Å²) >= 11 is 1.41. The van der Waals surface area contributed by atoms with Crippen molar-refractivity contribution in [2.75, 3.05) is 0 Å². The Hall–Kier alpha value is -1.24. The van der Waals surface area contributed by atoms with Crippen LogP contribution in [0.2, 0.25) is 0 Å². The van der Waals surface area contributed by atoms with Crippen LogP contribution in [0.1, 0.15) is 0 Å². The van der Waals surface area contributed by atoms with Crippen LogP contribution < -0.4 is 5.59 Å². The topological polar surface area (TPSA) is 58.3 Å². The number of hydrogen-bond acceptors (Lipinski definition) is 4. The minimum Gasteiger partial charge on any atom is -0.422 e. The van der Waals surface area contributed by atoms with E-state index < -0.39 is 7.12 Å². The van der Waals surface area contributed by atoms with E-state index in [-0.39, 0.29) is 5.59 Å². The lowest BCUT2D eigenvalue weighted by molar-refractivity contribution is 0.424. The van der Waals surface area contributed by atoms with Crippen molar-refractivity contribution in [2.24, 2.45) is 0 Å². The fourth-order valence-electron chi connectivity index (χ4n) is 1.10. The predicted octanol–water partition coefficient (Wildman–Crippen LogP) is 0.118. The molecule has 0 aliphatic rings. The molecule has 0 radical (unpaired) electrons. The number of rotatable bonds is 3. The summed E-state index contributed by atoms with van der Waals surface area (Å²) in [5.74, 6) is 0. The number of nitrogens with zero attached hydrogens (tertiary/aromatic N) is 2. The van der Waals surface area contributed by atoms with Gasteiger partial charge in [0.2, 0.25) is 0 Å². The Balaban J connectivity index is 2.12. The predicted molar refractivity (Wildman–Crippen MR) is 59.7 cm³/mol. The highest BCUT2D eigenvalue weighted by molar-refractivity contribution is 7.97. The van der Waals surface area contributed by atoms with Gasteiger partial charge in [0.15, 0.2) is 0 Å². The Morgan fingerprint density at radius 3 is 2.47 bits per heavy atom. The lowest BCUT2D eigenvalue weighted by Gasteiger charge is -1.99. The number of aromatic nitrogens is 2. The summed E-state index contributed by atoms with van der Waals surface area (Å²) < 4.78 is 1.59. The third-order valence-corrected chi connectivity index (χ3v) is 2.67. The largest absolute Gasteiger partial charge is 0.510 e. The molecular formula is C9H9BN2O2S. The molecule has 0 saturated heterocycles. The van der Waals surface area contributed by atoms with Gasteiger partial charge in [-0.3, -0.25) is 0 Å². The van der Waals surface area contributed by atoms with Gasteiger partial charge in [0, 0.05) is 23.0 Å². The van der Waals surface area contributed by atoms with Gasteiger partial charge in [0.1, 0.15) is 0 Å². The lowest BCUT2D eigenvalue weighted by Crippen LogP contribution is -2.31. The Bertz CT molecular complexity index is 433. The summed E-state index contributed by atoms with van der Waals surface area (Å²) in [7, 11) is -1.51. The maximum atomic E-state index is 8.87. The summed E-state index contributed by atoms with van der Waals surface area (Å²) in [5.41, 5.74) is 0.249. The van der Waals surface area contributed by atoms with Crippen LogP contribution in [0.4, 0.5) is 0 Å². The zero-order chi connectivity index (χ0) is 10.7. The van der Waals surface area contributed by atoms with E-state index in [4.69, 9.17) is 10.0 Å². The number of hydrogen-bond donors (Lipinski definition) is 2. The Morgan fingerprint density at radius 2 is 1.87 bits per heavy atom. The van der Waals surface area contributed by atoms with Gasteiger partial charge in [-0.05, 0) is 18.2 Å². The molecule has 0 unspecified atom stereocenters. The SMILES string of the molecule is OB(O)c1ccn(Sc2ccccc2)n1. The zero-order valence-corrected chi connectivity index (χ0v) is 8.63. The normalized spacial score (nSPS) is 10.3. The van der Waals surface area contributed by atoms with Crippen molar-refractivity contribution >= 4 is 24.7 Å². The minimum absolute atomic E-state index is 0.249.